The fraction of sp³-hybridized carbons (Fsp3) is 0.692. The monoisotopic (exact) mass is 468 g/mol. The molecule has 178 valence electrons. The van der Waals surface area contributed by atoms with Crippen molar-refractivity contribution in [2.45, 2.75) is 82.7 Å². The second kappa shape index (κ2) is 11.0. The molecule has 0 aromatic carbocycles. The number of hydrogen-bond acceptors (Lipinski definition) is 7. The Hall–Kier alpha value is -1.86. The molecule has 33 heavy (non-hydrogen) atoms. The van der Waals surface area contributed by atoms with Crippen LogP contribution < -0.4 is 4.90 Å². The summed E-state index contributed by atoms with van der Waals surface area (Å²) in [5.74, 6) is 2.51. The molecule has 2 aromatic heterocycles. The second-order valence-corrected chi connectivity index (χ2v) is 11.1. The molecule has 0 unspecified atom stereocenters. The summed E-state index contributed by atoms with van der Waals surface area (Å²) in [5, 5.41) is 11.0. The molecular formula is C26H36N4O2S. The van der Waals surface area contributed by atoms with E-state index in [1.807, 2.05) is 6.20 Å². The Kier molecular flexibility index (Phi) is 7.67. The summed E-state index contributed by atoms with van der Waals surface area (Å²) in [4.78, 5) is 18.1. The Morgan fingerprint density at radius 3 is 2.45 bits per heavy atom. The lowest BCUT2D eigenvalue weighted by Gasteiger charge is -2.33. The normalized spacial score (nSPS) is 25.3. The third kappa shape index (κ3) is 5.80. The summed E-state index contributed by atoms with van der Waals surface area (Å²) >= 11 is 1.68. The van der Waals surface area contributed by atoms with Crippen LogP contribution in [0.15, 0.2) is 18.3 Å². The largest absolute Gasteiger partial charge is 0.378 e. The standard InChI is InChI=1S/C26H36N4O2S/c31-17-19-6-8-21(9-7-19)25-28-29-26(33-25)22-10-11-24(27-16-22)30-14-12-23(13-15-30)32-18-20-4-2-1-3-5-20/h10-11,16-17,19-21,23H,1-9,12-15,18H2/t19-,21-. The van der Waals surface area contributed by atoms with Crippen LogP contribution in [0.5, 0.6) is 0 Å². The van der Waals surface area contributed by atoms with Gasteiger partial charge in [0.2, 0.25) is 0 Å². The molecule has 2 saturated carbocycles. The van der Waals surface area contributed by atoms with Gasteiger partial charge in [-0.25, -0.2) is 4.98 Å². The van der Waals surface area contributed by atoms with E-state index in [-0.39, 0.29) is 5.92 Å². The Labute approximate surface area is 201 Å². The van der Waals surface area contributed by atoms with Crippen molar-refractivity contribution in [1.82, 2.24) is 15.2 Å². The number of aldehydes is 1. The second-order valence-electron chi connectivity index (χ2n) is 10.1. The number of carbonyl (C=O) groups is 1. The predicted molar refractivity (Wildman–Crippen MR) is 132 cm³/mol. The van der Waals surface area contributed by atoms with Gasteiger partial charge in [0.05, 0.1) is 6.10 Å². The number of aromatic nitrogens is 3. The third-order valence-electron chi connectivity index (χ3n) is 7.81. The highest BCUT2D eigenvalue weighted by Crippen LogP contribution is 2.38. The zero-order chi connectivity index (χ0) is 22.5. The molecule has 0 spiro atoms. The van der Waals surface area contributed by atoms with Gasteiger partial charge in [0.1, 0.15) is 22.1 Å². The van der Waals surface area contributed by atoms with E-state index in [1.54, 1.807) is 11.3 Å². The van der Waals surface area contributed by atoms with Gasteiger partial charge in [-0.05, 0) is 69.4 Å². The predicted octanol–water partition coefficient (Wildman–Crippen LogP) is 5.64. The molecule has 3 heterocycles. The summed E-state index contributed by atoms with van der Waals surface area (Å²) in [6.45, 7) is 2.97. The van der Waals surface area contributed by atoms with E-state index >= 15 is 0 Å². The van der Waals surface area contributed by atoms with Gasteiger partial charge in [0.25, 0.3) is 0 Å². The summed E-state index contributed by atoms with van der Waals surface area (Å²) in [6.07, 6.45) is 16.5. The number of ether oxygens (including phenoxy) is 1. The number of pyridine rings is 1. The maximum absolute atomic E-state index is 11.0. The molecule has 0 N–H and O–H groups in total. The minimum Gasteiger partial charge on any atom is -0.378 e. The van der Waals surface area contributed by atoms with Crippen LogP contribution in [0.1, 0.15) is 81.6 Å². The van der Waals surface area contributed by atoms with E-state index in [1.165, 1.54) is 32.1 Å². The van der Waals surface area contributed by atoms with Gasteiger partial charge >= 0.3 is 0 Å². The van der Waals surface area contributed by atoms with Crippen LogP contribution in [-0.4, -0.2) is 47.3 Å². The fourth-order valence-electron chi connectivity index (χ4n) is 5.60. The Morgan fingerprint density at radius 2 is 1.76 bits per heavy atom. The van der Waals surface area contributed by atoms with Crippen molar-refractivity contribution in [3.8, 4) is 10.6 Å². The van der Waals surface area contributed by atoms with Crippen LogP contribution in [0.3, 0.4) is 0 Å². The molecule has 3 aliphatic rings. The molecule has 2 aromatic rings. The van der Waals surface area contributed by atoms with Crippen LogP contribution in [0.25, 0.3) is 10.6 Å². The topological polar surface area (TPSA) is 68.2 Å². The summed E-state index contributed by atoms with van der Waals surface area (Å²) in [7, 11) is 0. The maximum atomic E-state index is 11.0. The van der Waals surface area contributed by atoms with Gasteiger partial charge < -0.3 is 14.4 Å². The molecule has 6 nitrogen and oxygen atoms in total. The summed E-state index contributed by atoms with van der Waals surface area (Å²) < 4.78 is 6.27. The van der Waals surface area contributed by atoms with Crippen molar-refractivity contribution < 1.29 is 9.53 Å². The first-order valence-corrected chi connectivity index (χ1v) is 13.7. The number of carbonyl (C=O) groups excluding carboxylic acids is 1. The number of hydrogen-bond donors (Lipinski definition) is 0. The van der Waals surface area contributed by atoms with Crippen molar-refractivity contribution in [2.75, 3.05) is 24.6 Å². The van der Waals surface area contributed by atoms with Crippen molar-refractivity contribution in [1.29, 1.82) is 0 Å². The van der Waals surface area contributed by atoms with E-state index in [4.69, 9.17) is 9.72 Å². The van der Waals surface area contributed by atoms with Crippen LogP contribution in [-0.2, 0) is 9.53 Å². The van der Waals surface area contributed by atoms with Crippen LogP contribution in [0.4, 0.5) is 5.82 Å². The van der Waals surface area contributed by atoms with Gasteiger partial charge in [-0.3, -0.25) is 0 Å². The van der Waals surface area contributed by atoms with Crippen LogP contribution >= 0.6 is 11.3 Å². The highest BCUT2D eigenvalue weighted by Gasteiger charge is 2.26. The quantitative estimate of drug-likeness (QED) is 0.490. The Balaban J connectivity index is 1.11. The van der Waals surface area contributed by atoms with E-state index in [0.717, 1.165) is 91.8 Å². The highest BCUT2D eigenvalue weighted by molar-refractivity contribution is 7.14. The van der Waals surface area contributed by atoms with Crippen molar-refractivity contribution in [3.63, 3.8) is 0 Å². The third-order valence-corrected chi connectivity index (χ3v) is 8.94. The Bertz CT molecular complexity index is 880. The molecule has 0 amide bonds. The molecule has 7 heteroatoms. The minimum atomic E-state index is 0.235. The molecule has 1 saturated heterocycles. The lowest BCUT2D eigenvalue weighted by molar-refractivity contribution is -0.111. The number of anilines is 1. The average molecular weight is 469 g/mol. The lowest BCUT2D eigenvalue weighted by Crippen LogP contribution is -2.38. The summed E-state index contributed by atoms with van der Waals surface area (Å²) in [6, 6.07) is 4.25. The Morgan fingerprint density at radius 1 is 0.970 bits per heavy atom. The van der Waals surface area contributed by atoms with Crippen LogP contribution in [0, 0.1) is 11.8 Å². The van der Waals surface area contributed by atoms with E-state index in [2.05, 4.69) is 27.2 Å². The molecule has 0 atom stereocenters. The molecule has 0 bridgehead atoms. The first-order valence-electron chi connectivity index (χ1n) is 12.9. The SMILES string of the molecule is O=C[C@H]1CC[C@H](c2nnc(-c3ccc(N4CCC(OCC5CCCCC5)CC4)nc3)s2)CC1. The zero-order valence-corrected chi connectivity index (χ0v) is 20.3. The van der Waals surface area contributed by atoms with E-state index in [0.29, 0.717) is 12.0 Å². The first-order chi connectivity index (χ1) is 16.3. The number of rotatable bonds is 7. The van der Waals surface area contributed by atoms with Crippen molar-refractivity contribution in [3.05, 3.63) is 23.3 Å². The molecule has 5 rings (SSSR count). The van der Waals surface area contributed by atoms with Gasteiger partial charge in [-0.15, -0.1) is 10.2 Å². The molecule has 3 fully saturated rings. The highest BCUT2D eigenvalue weighted by atomic mass is 32.1. The summed E-state index contributed by atoms with van der Waals surface area (Å²) in [5.41, 5.74) is 1.04. The number of piperidine rings is 1. The zero-order valence-electron chi connectivity index (χ0n) is 19.5. The minimum absolute atomic E-state index is 0.235. The maximum Gasteiger partial charge on any atom is 0.149 e. The van der Waals surface area contributed by atoms with Crippen molar-refractivity contribution >= 4 is 23.4 Å². The average Bonchev–Trinajstić information content (AvgIpc) is 3.39. The molecule has 2 aliphatic carbocycles. The van der Waals surface area contributed by atoms with Crippen molar-refractivity contribution in [2.24, 2.45) is 11.8 Å². The number of nitrogens with zero attached hydrogens (tertiary/aromatic N) is 4. The van der Waals surface area contributed by atoms with Gasteiger partial charge in [0, 0.05) is 43.3 Å². The van der Waals surface area contributed by atoms with Gasteiger partial charge in [-0.1, -0.05) is 30.6 Å². The van der Waals surface area contributed by atoms with Gasteiger partial charge in [0.15, 0.2) is 0 Å². The smallest absolute Gasteiger partial charge is 0.149 e. The van der Waals surface area contributed by atoms with Gasteiger partial charge in [-0.2, -0.15) is 0 Å². The van der Waals surface area contributed by atoms with E-state index in [9.17, 15) is 4.79 Å². The molecule has 1 aliphatic heterocycles. The lowest BCUT2D eigenvalue weighted by atomic mass is 9.83. The molecular weight excluding hydrogens is 432 g/mol. The first kappa shape index (κ1) is 22.9. The fourth-order valence-corrected chi connectivity index (χ4v) is 6.60. The van der Waals surface area contributed by atoms with E-state index < -0.39 is 0 Å². The van der Waals surface area contributed by atoms with Crippen LogP contribution in [0.2, 0.25) is 0 Å². The molecule has 0 radical (unpaired) electrons.